The Morgan fingerprint density at radius 1 is 1.36 bits per heavy atom. The minimum Gasteiger partial charge on any atom is -0.324 e. The SMILES string of the molecule is CCSCc1cc(=O)[nH]c(SC(CC)C(=O)Nc2ccccc2Cl)n1. The van der Waals surface area contributed by atoms with E-state index in [1.54, 1.807) is 30.0 Å². The number of aromatic amines is 1. The zero-order chi connectivity index (χ0) is 18.2. The minimum atomic E-state index is -0.381. The van der Waals surface area contributed by atoms with E-state index < -0.39 is 0 Å². The van der Waals surface area contributed by atoms with E-state index in [4.69, 9.17) is 11.6 Å². The second kappa shape index (κ2) is 9.89. The average Bonchev–Trinajstić information content (AvgIpc) is 2.59. The molecule has 0 saturated carbocycles. The highest BCUT2D eigenvalue weighted by Crippen LogP contribution is 2.26. The molecule has 0 aliphatic carbocycles. The molecule has 1 amide bonds. The lowest BCUT2D eigenvalue weighted by Crippen LogP contribution is -2.25. The second-order valence-corrected chi connectivity index (χ2v) is 8.04. The van der Waals surface area contributed by atoms with E-state index in [2.05, 4.69) is 22.2 Å². The van der Waals surface area contributed by atoms with E-state index in [-0.39, 0.29) is 16.7 Å². The van der Waals surface area contributed by atoms with E-state index in [1.807, 2.05) is 13.0 Å². The molecule has 2 N–H and O–H groups in total. The maximum atomic E-state index is 12.5. The van der Waals surface area contributed by atoms with Crippen molar-refractivity contribution in [2.45, 2.75) is 36.4 Å². The van der Waals surface area contributed by atoms with Crippen LogP contribution in [-0.2, 0) is 10.5 Å². The number of thioether (sulfide) groups is 2. The number of halogens is 1. The summed E-state index contributed by atoms with van der Waals surface area (Å²) in [5.41, 5.74) is 1.09. The Morgan fingerprint density at radius 2 is 2.12 bits per heavy atom. The van der Waals surface area contributed by atoms with Gasteiger partial charge in [0.15, 0.2) is 5.16 Å². The summed E-state index contributed by atoms with van der Waals surface area (Å²) < 4.78 is 0. The largest absolute Gasteiger partial charge is 0.324 e. The second-order valence-electron chi connectivity index (χ2n) is 5.16. The molecule has 0 saturated heterocycles. The molecule has 1 aromatic carbocycles. The predicted molar refractivity (Wildman–Crippen MR) is 107 cm³/mol. The molecule has 5 nitrogen and oxygen atoms in total. The molecule has 1 heterocycles. The monoisotopic (exact) mass is 397 g/mol. The number of nitrogens with one attached hydrogen (secondary N) is 2. The van der Waals surface area contributed by atoms with Gasteiger partial charge in [-0.05, 0) is 24.3 Å². The van der Waals surface area contributed by atoms with Crippen LogP contribution in [-0.4, -0.2) is 26.9 Å². The number of anilines is 1. The van der Waals surface area contributed by atoms with Gasteiger partial charge in [-0.15, -0.1) is 0 Å². The molecule has 1 atom stereocenters. The highest BCUT2D eigenvalue weighted by molar-refractivity contribution is 8.00. The normalized spacial score (nSPS) is 12.0. The van der Waals surface area contributed by atoms with Gasteiger partial charge in [0.1, 0.15) is 0 Å². The molecule has 8 heteroatoms. The topological polar surface area (TPSA) is 74.8 Å². The van der Waals surface area contributed by atoms with Crippen LogP contribution < -0.4 is 10.9 Å². The minimum absolute atomic E-state index is 0.170. The summed E-state index contributed by atoms with van der Waals surface area (Å²) in [6, 6.07) is 8.58. The van der Waals surface area contributed by atoms with Gasteiger partial charge >= 0.3 is 0 Å². The zero-order valence-electron chi connectivity index (χ0n) is 14.0. The molecular weight excluding hydrogens is 378 g/mol. The van der Waals surface area contributed by atoms with Crippen molar-refractivity contribution in [1.29, 1.82) is 0 Å². The summed E-state index contributed by atoms with van der Waals surface area (Å²) in [6.45, 7) is 3.97. The summed E-state index contributed by atoms with van der Waals surface area (Å²) in [6.07, 6.45) is 0.596. The lowest BCUT2D eigenvalue weighted by Gasteiger charge is -2.15. The third-order valence-corrected chi connectivity index (χ3v) is 5.76. The first-order valence-corrected chi connectivity index (χ1v) is 10.3. The summed E-state index contributed by atoms with van der Waals surface area (Å²) in [5.74, 6) is 1.46. The van der Waals surface area contributed by atoms with Gasteiger partial charge in [-0.1, -0.05) is 49.3 Å². The van der Waals surface area contributed by atoms with Gasteiger partial charge in [0.05, 0.1) is 21.7 Å². The van der Waals surface area contributed by atoms with Crippen LogP contribution in [0.3, 0.4) is 0 Å². The number of carbonyl (C=O) groups excluding carboxylic acids is 1. The van der Waals surface area contributed by atoms with Crippen molar-refractivity contribution >= 4 is 46.7 Å². The molecule has 0 aliphatic rings. The predicted octanol–water partition coefficient (Wildman–Crippen LogP) is 4.19. The maximum absolute atomic E-state index is 12.5. The Morgan fingerprint density at radius 3 is 2.80 bits per heavy atom. The third kappa shape index (κ3) is 6.09. The molecule has 1 unspecified atom stereocenters. The van der Waals surface area contributed by atoms with Crippen molar-refractivity contribution in [3.05, 3.63) is 51.4 Å². The lowest BCUT2D eigenvalue weighted by atomic mass is 10.2. The van der Waals surface area contributed by atoms with E-state index in [9.17, 15) is 9.59 Å². The van der Waals surface area contributed by atoms with Gasteiger partial charge in [-0.2, -0.15) is 11.8 Å². The van der Waals surface area contributed by atoms with E-state index in [0.29, 0.717) is 28.0 Å². The molecule has 0 fully saturated rings. The van der Waals surface area contributed by atoms with Crippen molar-refractivity contribution < 1.29 is 4.79 Å². The van der Waals surface area contributed by atoms with E-state index >= 15 is 0 Å². The summed E-state index contributed by atoms with van der Waals surface area (Å²) in [5, 5.41) is 3.39. The molecule has 0 bridgehead atoms. The van der Waals surface area contributed by atoms with Crippen LogP contribution in [0.2, 0.25) is 5.02 Å². The highest BCUT2D eigenvalue weighted by Gasteiger charge is 2.20. The maximum Gasteiger partial charge on any atom is 0.251 e. The van der Waals surface area contributed by atoms with Crippen LogP contribution in [0.1, 0.15) is 26.0 Å². The molecule has 0 radical (unpaired) electrons. The first kappa shape index (κ1) is 19.9. The van der Waals surface area contributed by atoms with Crippen molar-refractivity contribution in [2.75, 3.05) is 11.1 Å². The Bertz CT molecular complexity index is 782. The molecule has 2 rings (SSSR count). The van der Waals surface area contributed by atoms with Gasteiger partial charge in [0.2, 0.25) is 5.91 Å². The number of para-hydroxylation sites is 1. The first-order valence-electron chi connectivity index (χ1n) is 7.93. The molecule has 134 valence electrons. The van der Waals surface area contributed by atoms with Crippen molar-refractivity contribution in [1.82, 2.24) is 9.97 Å². The number of H-pyrrole nitrogens is 1. The number of nitrogens with zero attached hydrogens (tertiary/aromatic N) is 1. The number of hydrogen-bond donors (Lipinski definition) is 2. The molecule has 1 aromatic heterocycles. The lowest BCUT2D eigenvalue weighted by molar-refractivity contribution is -0.115. The van der Waals surface area contributed by atoms with Gasteiger partial charge in [0, 0.05) is 11.8 Å². The van der Waals surface area contributed by atoms with E-state index in [1.165, 1.54) is 17.8 Å². The van der Waals surface area contributed by atoms with Crippen LogP contribution in [0.5, 0.6) is 0 Å². The Labute approximate surface area is 160 Å². The number of carbonyl (C=O) groups is 1. The van der Waals surface area contributed by atoms with Crippen LogP contribution in [0.4, 0.5) is 5.69 Å². The number of aromatic nitrogens is 2. The highest BCUT2D eigenvalue weighted by atomic mass is 35.5. The number of hydrogen-bond acceptors (Lipinski definition) is 5. The van der Waals surface area contributed by atoms with Crippen LogP contribution in [0, 0.1) is 0 Å². The van der Waals surface area contributed by atoms with Gasteiger partial charge in [0.25, 0.3) is 5.56 Å². The standard InChI is InChI=1S/C17H20ClN3O2S2/c1-3-14(16(23)20-13-8-6-5-7-12(13)18)25-17-19-11(10-24-4-2)9-15(22)21-17/h5-9,14H,3-4,10H2,1-2H3,(H,20,23)(H,19,21,22). The molecular formula is C17H20ClN3O2S2. The van der Waals surface area contributed by atoms with Crippen molar-refractivity contribution in [3.8, 4) is 0 Å². The summed E-state index contributed by atoms with van der Waals surface area (Å²) in [4.78, 5) is 31.5. The van der Waals surface area contributed by atoms with Crippen molar-refractivity contribution in [3.63, 3.8) is 0 Å². The fraction of sp³-hybridized carbons (Fsp3) is 0.353. The number of amides is 1. The zero-order valence-corrected chi connectivity index (χ0v) is 16.4. The molecule has 0 aliphatic heterocycles. The van der Waals surface area contributed by atoms with Gasteiger partial charge < -0.3 is 10.3 Å². The molecule has 2 aromatic rings. The fourth-order valence-electron chi connectivity index (χ4n) is 2.05. The van der Waals surface area contributed by atoms with Gasteiger partial charge in [-0.25, -0.2) is 4.98 Å². The Hall–Kier alpha value is -1.44. The van der Waals surface area contributed by atoms with Crippen LogP contribution >= 0.6 is 35.1 Å². The molecule has 0 spiro atoms. The smallest absolute Gasteiger partial charge is 0.251 e. The van der Waals surface area contributed by atoms with Crippen LogP contribution in [0.15, 0.2) is 40.3 Å². The van der Waals surface area contributed by atoms with Crippen LogP contribution in [0.25, 0.3) is 0 Å². The van der Waals surface area contributed by atoms with Crippen molar-refractivity contribution in [2.24, 2.45) is 0 Å². The van der Waals surface area contributed by atoms with Gasteiger partial charge in [-0.3, -0.25) is 9.59 Å². The van der Waals surface area contributed by atoms with E-state index in [0.717, 1.165) is 11.4 Å². The quantitative estimate of drug-likeness (QED) is 0.516. The Kier molecular flexibility index (Phi) is 7.87. The first-order chi connectivity index (χ1) is 12.0. The summed E-state index contributed by atoms with van der Waals surface area (Å²) >= 11 is 9.03. The molecule has 25 heavy (non-hydrogen) atoms. The number of rotatable bonds is 8. The average molecular weight is 398 g/mol. The summed E-state index contributed by atoms with van der Waals surface area (Å²) in [7, 11) is 0. The fourth-order valence-corrected chi connectivity index (χ4v) is 3.73. The number of benzene rings is 1. The third-order valence-electron chi connectivity index (χ3n) is 3.28. The Balaban J connectivity index is 2.11.